The summed E-state index contributed by atoms with van der Waals surface area (Å²) < 4.78 is 29.9. The molecule has 1 aromatic heterocycles. The first-order valence-corrected chi connectivity index (χ1v) is 9.30. The van der Waals surface area contributed by atoms with Crippen molar-refractivity contribution in [2.24, 2.45) is 0 Å². The number of phenolic OH excluding ortho intramolecular Hbond substituents is 1. The first-order valence-electron chi connectivity index (χ1n) is 8.54. The maximum atomic E-state index is 14.8. The van der Waals surface area contributed by atoms with Gasteiger partial charge in [-0.3, -0.25) is 14.2 Å². The van der Waals surface area contributed by atoms with Gasteiger partial charge in [-0.15, -0.1) is 0 Å². The number of benzene rings is 2. The van der Waals surface area contributed by atoms with Crippen LogP contribution in [0.2, 0.25) is 10.0 Å². The third-order valence-corrected chi connectivity index (χ3v) is 5.57. The lowest BCUT2D eigenvalue weighted by atomic mass is 9.93. The lowest BCUT2D eigenvalue weighted by Gasteiger charge is -2.12. The number of aromatic hydroxyl groups is 1. The molecule has 0 aliphatic heterocycles. The molecule has 0 saturated carbocycles. The van der Waals surface area contributed by atoms with E-state index >= 15 is 0 Å². The lowest BCUT2D eigenvalue weighted by molar-refractivity contribution is -0.138. The summed E-state index contributed by atoms with van der Waals surface area (Å²) in [6.07, 6.45) is 0.0911. The first-order chi connectivity index (χ1) is 13.6. The Kier molecular flexibility index (Phi) is 5.56. The molecule has 152 valence electrons. The predicted molar refractivity (Wildman–Crippen MR) is 105 cm³/mol. The molecule has 0 aliphatic carbocycles. The van der Waals surface area contributed by atoms with Crippen LogP contribution >= 0.6 is 23.2 Å². The third kappa shape index (κ3) is 3.34. The SMILES string of the molecule is CC[C@H](C(=O)O)c1c(C)n(C(=O)c2ccc(Cl)c(Cl)c2)c2cc(F)c(O)c(F)c12. The third-order valence-electron chi connectivity index (χ3n) is 4.83. The average molecular weight is 442 g/mol. The molecular formula is C20H15Cl2F2NO4. The van der Waals surface area contributed by atoms with Crippen LogP contribution in [-0.2, 0) is 4.79 Å². The van der Waals surface area contributed by atoms with Crippen LogP contribution in [0.5, 0.6) is 5.75 Å². The summed E-state index contributed by atoms with van der Waals surface area (Å²) in [5.41, 5.74) is 0.00900. The van der Waals surface area contributed by atoms with Crippen LogP contribution in [0.25, 0.3) is 10.9 Å². The molecule has 0 bridgehead atoms. The molecule has 3 aromatic rings. The zero-order chi connectivity index (χ0) is 21.6. The van der Waals surface area contributed by atoms with E-state index in [1.54, 1.807) is 6.92 Å². The van der Waals surface area contributed by atoms with Crippen molar-refractivity contribution in [3.63, 3.8) is 0 Å². The summed E-state index contributed by atoms with van der Waals surface area (Å²) in [5.74, 6) is -6.91. The van der Waals surface area contributed by atoms with Gasteiger partial charge in [-0.2, -0.15) is 0 Å². The fourth-order valence-corrected chi connectivity index (χ4v) is 3.76. The number of carboxylic acids is 1. The minimum atomic E-state index is -1.32. The van der Waals surface area contributed by atoms with E-state index in [0.29, 0.717) is 0 Å². The average Bonchev–Trinajstić information content (AvgIpc) is 2.94. The molecule has 3 rings (SSSR count). The number of nitrogens with zero attached hydrogens (tertiary/aromatic N) is 1. The van der Waals surface area contributed by atoms with Crippen molar-refractivity contribution in [3.8, 4) is 5.75 Å². The van der Waals surface area contributed by atoms with E-state index in [9.17, 15) is 28.6 Å². The van der Waals surface area contributed by atoms with Crippen LogP contribution in [0, 0.1) is 18.6 Å². The monoisotopic (exact) mass is 441 g/mol. The zero-order valence-electron chi connectivity index (χ0n) is 15.3. The molecule has 0 fully saturated rings. The van der Waals surface area contributed by atoms with Crippen molar-refractivity contribution < 1.29 is 28.6 Å². The number of carbonyl (C=O) groups is 2. The molecule has 0 amide bonds. The fourth-order valence-electron chi connectivity index (χ4n) is 3.46. The summed E-state index contributed by atoms with van der Waals surface area (Å²) in [5, 5.41) is 19.3. The predicted octanol–water partition coefficient (Wildman–Crippen LogP) is 5.51. The number of hydrogen-bond donors (Lipinski definition) is 2. The Labute approximate surface area is 174 Å². The molecule has 0 aliphatic rings. The zero-order valence-corrected chi connectivity index (χ0v) is 16.8. The van der Waals surface area contributed by atoms with E-state index in [2.05, 4.69) is 0 Å². The lowest BCUT2D eigenvalue weighted by Crippen LogP contribution is -2.16. The highest BCUT2D eigenvalue weighted by Gasteiger charge is 2.32. The van der Waals surface area contributed by atoms with E-state index < -0.39 is 35.2 Å². The van der Waals surface area contributed by atoms with Crippen LogP contribution < -0.4 is 0 Å². The van der Waals surface area contributed by atoms with Crippen molar-refractivity contribution in [2.45, 2.75) is 26.2 Å². The molecule has 2 aromatic carbocycles. The second-order valence-electron chi connectivity index (χ2n) is 6.48. The maximum absolute atomic E-state index is 14.8. The Morgan fingerprint density at radius 3 is 2.38 bits per heavy atom. The van der Waals surface area contributed by atoms with Gasteiger partial charge in [-0.1, -0.05) is 30.1 Å². The number of aromatic nitrogens is 1. The van der Waals surface area contributed by atoms with Crippen LogP contribution in [0.4, 0.5) is 8.78 Å². The number of rotatable bonds is 4. The van der Waals surface area contributed by atoms with Gasteiger partial charge in [0.05, 0.1) is 21.5 Å². The van der Waals surface area contributed by atoms with E-state index in [-0.39, 0.29) is 44.2 Å². The summed E-state index contributed by atoms with van der Waals surface area (Å²) >= 11 is 11.8. The molecule has 0 unspecified atom stereocenters. The summed E-state index contributed by atoms with van der Waals surface area (Å²) in [6.45, 7) is 3.02. The van der Waals surface area contributed by atoms with Gasteiger partial charge in [0.15, 0.2) is 17.4 Å². The molecule has 2 N–H and O–H groups in total. The van der Waals surface area contributed by atoms with Crippen molar-refractivity contribution in [2.75, 3.05) is 0 Å². The van der Waals surface area contributed by atoms with Crippen molar-refractivity contribution in [1.29, 1.82) is 0 Å². The van der Waals surface area contributed by atoms with E-state index in [4.69, 9.17) is 23.2 Å². The first kappa shape index (κ1) is 21.1. The van der Waals surface area contributed by atoms with Gasteiger partial charge in [-0.05, 0) is 37.1 Å². The minimum absolute atomic E-state index is 0.00351. The van der Waals surface area contributed by atoms with Gasteiger partial charge in [0.1, 0.15) is 0 Å². The Morgan fingerprint density at radius 2 is 1.83 bits per heavy atom. The van der Waals surface area contributed by atoms with Crippen LogP contribution in [0.1, 0.15) is 40.9 Å². The van der Waals surface area contributed by atoms with Gasteiger partial charge in [0, 0.05) is 22.7 Å². The number of aliphatic carboxylic acids is 1. The molecule has 1 atom stereocenters. The fraction of sp³-hybridized carbons (Fsp3) is 0.200. The molecule has 29 heavy (non-hydrogen) atoms. The topological polar surface area (TPSA) is 79.5 Å². The van der Waals surface area contributed by atoms with Crippen LogP contribution in [0.3, 0.4) is 0 Å². The van der Waals surface area contributed by atoms with Gasteiger partial charge in [0.2, 0.25) is 0 Å². The quantitative estimate of drug-likeness (QED) is 0.559. The van der Waals surface area contributed by atoms with E-state index in [1.165, 1.54) is 25.1 Å². The molecule has 5 nitrogen and oxygen atoms in total. The molecular weight excluding hydrogens is 427 g/mol. The number of carbonyl (C=O) groups excluding carboxylic acids is 1. The Hall–Kier alpha value is -2.64. The van der Waals surface area contributed by atoms with Gasteiger partial charge in [-0.25, -0.2) is 8.78 Å². The molecule has 1 heterocycles. The Morgan fingerprint density at radius 1 is 1.17 bits per heavy atom. The highest BCUT2D eigenvalue weighted by atomic mass is 35.5. The summed E-state index contributed by atoms with van der Waals surface area (Å²) in [6, 6.07) is 4.90. The Bertz CT molecular complexity index is 1170. The molecule has 9 heteroatoms. The van der Waals surface area contributed by atoms with Gasteiger partial charge < -0.3 is 10.2 Å². The number of phenols is 1. The number of carboxylic acid groups (broad SMARTS) is 1. The second-order valence-corrected chi connectivity index (χ2v) is 7.30. The molecule has 0 spiro atoms. The normalized spacial score (nSPS) is 12.3. The number of halogens is 4. The van der Waals surface area contributed by atoms with E-state index in [1.807, 2.05) is 0 Å². The Balaban J connectivity index is 2.41. The highest BCUT2D eigenvalue weighted by molar-refractivity contribution is 6.42. The summed E-state index contributed by atoms with van der Waals surface area (Å²) in [7, 11) is 0. The largest absolute Gasteiger partial charge is 0.503 e. The van der Waals surface area contributed by atoms with E-state index in [0.717, 1.165) is 10.6 Å². The van der Waals surface area contributed by atoms with Crippen molar-refractivity contribution >= 4 is 46.0 Å². The van der Waals surface area contributed by atoms with Crippen LogP contribution in [0.15, 0.2) is 24.3 Å². The van der Waals surface area contributed by atoms with Gasteiger partial charge >= 0.3 is 5.97 Å². The minimum Gasteiger partial charge on any atom is -0.503 e. The van der Waals surface area contributed by atoms with Gasteiger partial charge in [0.25, 0.3) is 5.91 Å². The number of hydrogen-bond acceptors (Lipinski definition) is 3. The van der Waals surface area contributed by atoms with Crippen LogP contribution in [-0.4, -0.2) is 26.7 Å². The smallest absolute Gasteiger partial charge is 0.311 e. The van der Waals surface area contributed by atoms with Crippen molar-refractivity contribution in [1.82, 2.24) is 4.57 Å². The molecule has 0 saturated heterocycles. The maximum Gasteiger partial charge on any atom is 0.311 e. The summed E-state index contributed by atoms with van der Waals surface area (Å²) in [4.78, 5) is 24.9. The second kappa shape index (κ2) is 7.65. The van der Waals surface area contributed by atoms with Crippen molar-refractivity contribution in [3.05, 3.63) is 62.8 Å². The standard InChI is InChI=1S/C20H15Cl2F2NO4/c1-3-10(20(28)29)15-8(2)25(14-7-13(23)18(26)17(24)16(14)15)19(27)9-4-5-11(21)12(22)6-9/h4-7,10,26H,3H2,1-2H3,(H,28,29)/t10-/m0/s1. The molecule has 0 radical (unpaired) electrons. The highest BCUT2D eigenvalue weighted by Crippen LogP contribution is 2.39. The number of fused-ring (bicyclic) bond motifs is 1.